The molecule has 0 saturated heterocycles. The maximum atomic E-state index is 13.2. The Balaban J connectivity index is 5.49. The van der Waals surface area contributed by atoms with Crippen LogP contribution in [0, 0.1) is 5.92 Å². The molecule has 12 N–H and O–H groups in total. The normalized spacial score (nSPS) is 12.7. The molecule has 280 valence electrons. The van der Waals surface area contributed by atoms with Crippen LogP contribution in [0.2, 0.25) is 0 Å². The molecule has 3 amide bonds. The summed E-state index contributed by atoms with van der Waals surface area (Å²) in [5, 5.41) is 8.23. The van der Waals surface area contributed by atoms with Crippen LogP contribution in [0.15, 0.2) is 9.98 Å². The van der Waals surface area contributed by atoms with E-state index in [1.165, 1.54) is 0 Å². The number of amides is 3. The molecule has 0 bridgehead atoms. The molecule has 0 fully saturated rings. The second-order valence-corrected chi connectivity index (χ2v) is 13.9. The van der Waals surface area contributed by atoms with Crippen LogP contribution < -0.4 is 38.9 Å². The second-order valence-electron chi connectivity index (χ2n) is 12.6. The van der Waals surface area contributed by atoms with Gasteiger partial charge in [0.15, 0.2) is 11.9 Å². The van der Waals surface area contributed by atoms with Gasteiger partial charge in [-0.15, -0.1) is 0 Å². The lowest BCUT2D eigenvalue weighted by atomic mass is 10.0. The van der Waals surface area contributed by atoms with E-state index in [1.807, 2.05) is 13.8 Å². The average molecular weight is 705 g/mol. The van der Waals surface area contributed by atoms with Gasteiger partial charge in [0.1, 0.15) is 6.04 Å². The molecule has 48 heavy (non-hydrogen) atoms. The summed E-state index contributed by atoms with van der Waals surface area (Å²) in [7, 11) is -4.88. The van der Waals surface area contributed by atoms with E-state index in [1.54, 1.807) is 0 Å². The average Bonchev–Trinajstić information content (AvgIpc) is 2.98. The zero-order valence-corrected chi connectivity index (χ0v) is 30.2. The number of unbranched alkanes of at least 4 members (excludes halogenated alkanes) is 9. The zero-order chi connectivity index (χ0) is 36.4. The van der Waals surface area contributed by atoms with Gasteiger partial charge in [0.25, 0.3) is 0 Å². The summed E-state index contributed by atoms with van der Waals surface area (Å²) in [5.74, 6) is -1.49. The lowest BCUT2D eigenvalue weighted by Crippen LogP contribution is -2.52. The molecular weight excluding hydrogens is 640 g/mol. The van der Waals surface area contributed by atoms with Crippen molar-refractivity contribution >= 4 is 39.9 Å². The molecule has 0 aliphatic heterocycles. The summed E-state index contributed by atoms with van der Waals surface area (Å²) in [6.07, 6.45) is 10.7. The smallest absolute Gasteiger partial charge is 0.336 e. The van der Waals surface area contributed by atoms with Crippen molar-refractivity contribution in [2.45, 2.75) is 129 Å². The van der Waals surface area contributed by atoms with Gasteiger partial charge in [-0.25, -0.2) is 0 Å². The van der Waals surface area contributed by atoms with Crippen molar-refractivity contribution in [2.24, 2.45) is 38.8 Å². The number of aliphatic imine (C=N–C) groups is 2. The van der Waals surface area contributed by atoms with Gasteiger partial charge in [0.2, 0.25) is 17.7 Å². The Morgan fingerprint density at radius 3 is 1.83 bits per heavy atom. The van der Waals surface area contributed by atoms with E-state index in [0.717, 1.165) is 51.4 Å². The maximum absolute atomic E-state index is 13.2. The Morgan fingerprint density at radius 1 is 0.750 bits per heavy atom. The van der Waals surface area contributed by atoms with Gasteiger partial charge >= 0.3 is 10.3 Å². The predicted octanol–water partition coefficient (Wildman–Crippen LogP) is 1.25. The maximum Gasteiger partial charge on any atom is 0.336 e. The molecule has 0 rings (SSSR count). The Morgan fingerprint density at radius 2 is 1.27 bits per heavy atom. The highest BCUT2D eigenvalue weighted by Gasteiger charge is 2.33. The minimum absolute atomic E-state index is 0.00439. The zero-order valence-electron chi connectivity index (χ0n) is 29.4. The highest BCUT2D eigenvalue weighted by molar-refractivity contribution is 7.83. The van der Waals surface area contributed by atoms with Crippen LogP contribution in [0.4, 0.5) is 0 Å². The van der Waals surface area contributed by atoms with Crippen molar-refractivity contribution in [3.8, 4) is 0 Å². The van der Waals surface area contributed by atoms with Crippen molar-refractivity contribution in [1.82, 2.24) is 20.3 Å². The molecule has 1 unspecified atom stereocenters. The van der Waals surface area contributed by atoms with Crippen LogP contribution in [-0.4, -0.2) is 91.7 Å². The van der Waals surface area contributed by atoms with Gasteiger partial charge in [-0.3, -0.25) is 28.9 Å². The van der Waals surface area contributed by atoms with Crippen LogP contribution in [0.5, 0.6) is 0 Å². The third kappa shape index (κ3) is 24.9. The first-order valence-electron chi connectivity index (χ1n) is 17.4. The highest BCUT2D eigenvalue weighted by Crippen LogP contribution is 2.18. The molecule has 0 aromatic rings. The summed E-state index contributed by atoms with van der Waals surface area (Å²) in [5.41, 5.74) is 21.3. The quantitative estimate of drug-likeness (QED) is 0.0239. The molecule has 0 aromatic carbocycles. The second kappa shape index (κ2) is 26.7. The Hall–Kier alpha value is -3.18. The Labute approximate surface area is 287 Å². The number of nitrogens with zero attached hydrogens (tertiary/aromatic N) is 3. The van der Waals surface area contributed by atoms with Crippen molar-refractivity contribution in [3.05, 3.63) is 0 Å². The number of carbonyl (C=O) groups excluding carboxylic acids is 3. The van der Waals surface area contributed by atoms with Crippen LogP contribution in [-0.2, 0) is 24.7 Å². The number of nitrogens with two attached hydrogens (primary N) is 4. The van der Waals surface area contributed by atoms with Gasteiger partial charge in [-0.2, -0.15) is 12.7 Å². The van der Waals surface area contributed by atoms with Crippen molar-refractivity contribution in [2.75, 3.05) is 32.7 Å². The van der Waals surface area contributed by atoms with Crippen molar-refractivity contribution in [1.29, 1.82) is 0 Å². The summed E-state index contributed by atoms with van der Waals surface area (Å²) < 4.78 is 36.1. The van der Waals surface area contributed by atoms with E-state index in [4.69, 9.17) is 22.9 Å². The largest absolute Gasteiger partial charge is 0.370 e. The van der Waals surface area contributed by atoms with E-state index in [0.29, 0.717) is 62.6 Å². The third-order valence-electron chi connectivity index (χ3n) is 7.55. The van der Waals surface area contributed by atoms with Gasteiger partial charge in [-0.1, -0.05) is 65.7 Å². The molecule has 0 radical (unpaired) electrons. The first-order chi connectivity index (χ1) is 22.7. The number of hydrogen-bond acceptors (Lipinski definition) is 7. The van der Waals surface area contributed by atoms with Gasteiger partial charge < -0.3 is 38.9 Å². The lowest BCUT2D eigenvalue weighted by Gasteiger charge is -2.29. The number of guanidine groups is 2. The molecule has 0 aromatic heterocycles. The molecule has 17 heteroatoms. The van der Waals surface area contributed by atoms with Gasteiger partial charge in [0.05, 0.1) is 6.54 Å². The van der Waals surface area contributed by atoms with E-state index < -0.39 is 46.7 Å². The summed E-state index contributed by atoms with van der Waals surface area (Å²) >= 11 is 0. The Bertz CT molecular complexity index is 1080. The van der Waals surface area contributed by atoms with Crippen LogP contribution in [0.1, 0.15) is 117 Å². The standard InChI is InChI=1S/C31H64N10O6S/c1-4-5-6-7-8-9-11-16-25(22-27(42)36-17-12-10-13-19-38-30(32)33)41(48(45,46)47)23-28(43)40-26(21-24(2)3)29(44)37-18-14-15-20-39-31(34)35/h24-26H,4-23H2,1-3H3,(H,36,42)(H,37,44)(H,40,43)(H4,32,33,38)(H4,34,35,39)(H,45,46,47)/t25?,26-/m0/s1. The summed E-state index contributed by atoms with van der Waals surface area (Å²) in [6.45, 7) is 6.82. The third-order valence-corrected chi connectivity index (χ3v) is 8.57. The first-order valence-corrected chi connectivity index (χ1v) is 18.8. The summed E-state index contributed by atoms with van der Waals surface area (Å²) in [4.78, 5) is 46.9. The summed E-state index contributed by atoms with van der Waals surface area (Å²) in [6, 6.07) is -1.87. The first kappa shape index (κ1) is 44.8. The van der Waals surface area contributed by atoms with Gasteiger partial charge in [-0.05, 0) is 50.9 Å². The fourth-order valence-electron chi connectivity index (χ4n) is 5.08. The molecule has 0 spiro atoms. The lowest BCUT2D eigenvalue weighted by molar-refractivity contribution is -0.129. The monoisotopic (exact) mass is 704 g/mol. The molecular formula is C31H64N10O6S. The number of nitrogens with one attached hydrogen (secondary N) is 3. The van der Waals surface area contributed by atoms with Crippen LogP contribution in [0.25, 0.3) is 0 Å². The fourth-order valence-corrected chi connectivity index (χ4v) is 5.92. The van der Waals surface area contributed by atoms with Gasteiger partial charge in [0, 0.05) is 38.6 Å². The van der Waals surface area contributed by atoms with Crippen LogP contribution in [0.3, 0.4) is 0 Å². The minimum Gasteiger partial charge on any atom is -0.370 e. The fraction of sp³-hybridized carbons (Fsp3) is 0.839. The van der Waals surface area contributed by atoms with Crippen molar-refractivity contribution < 1.29 is 27.4 Å². The predicted molar refractivity (Wildman–Crippen MR) is 191 cm³/mol. The minimum atomic E-state index is -4.88. The van der Waals surface area contributed by atoms with Crippen molar-refractivity contribution in [3.63, 3.8) is 0 Å². The highest BCUT2D eigenvalue weighted by atomic mass is 32.2. The number of carbonyl (C=O) groups is 3. The number of rotatable bonds is 29. The van der Waals surface area contributed by atoms with E-state index in [2.05, 4.69) is 32.9 Å². The number of hydrogen-bond donors (Lipinski definition) is 8. The Kier molecular flexibility index (Phi) is 25.0. The van der Waals surface area contributed by atoms with E-state index >= 15 is 0 Å². The van der Waals surface area contributed by atoms with E-state index in [9.17, 15) is 27.4 Å². The molecule has 0 saturated carbocycles. The molecule has 2 atom stereocenters. The molecule has 0 aliphatic rings. The van der Waals surface area contributed by atoms with Crippen LogP contribution >= 0.6 is 0 Å². The SMILES string of the molecule is CCCCCCCCCC(CC(=O)NCCCCCN=C(N)N)N(CC(=O)N[C@@H](CC(C)C)C(=O)NCCCCN=C(N)N)S(=O)(=O)O. The molecule has 16 nitrogen and oxygen atoms in total. The molecule has 0 aliphatic carbocycles. The van der Waals surface area contributed by atoms with E-state index in [-0.39, 0.29) is 30.7 Å². The molecule has 0 heterocycles. The topological polar surface area (TPSA) is 274 Å².